The molecule has 4 atom stereocenters. The predicted molar refractivity (Wildman–Crippen MR) is 142 cm³/mol. The number of hydrogen-bond donors (Lipinski definition) is 3. The van der Waals surface area contributed by atoms with Gasteiger partial charge in [0.1, 0.15) is 28.3 Å². The molecule has 5 heterocycles. The molecule has 3 aliphatic heterocycles. The van der Waals surface area contributed by atoms with Gasteiger partial charge in [-0.05, 0) is 43.2 Å². The van der Waals surface area contributed by atoms with Crippen molar-refractivity contribution in [2.45, 2.75) is 69.9 Å². The molecule has 2 aromatic rings. The monoisotopic (exact) mass is 536 g/mol. The first kappa shape index (κ1) is 25.8. The van der Waals surface area contributed by atoms with E-state index in [1.807, 2.05) is 23.9 Å². The second-order valence-corrected chi connectivity index (χ2v) is 10.6. The summed E-state index contributed by atoms with van der Waals surface area (Å²) in [5.41, 5.74) is 6.22. The summed E-state index contributed by atoms with van der Waals surface area (Å²) in [5, 5.41) is 17.6. The van der Waals surface area contributed by atoms with Gasteiger partial charge in [-0.3, -0.25) is 14.7 Å². The second-order valence-electron chi connectivity index (χ2n) is 10.6. The second kappa shape index (κ2) is 11.7. The van der Waals surface area contributed by atoms with Crippen LogP contribution in [-0.4, -0.2) is 64.7 Å². The van der Waals surface area contributed by atoms with Gasteiger partial charge in [-0.15, -0.1) is 0 Å². The highest BCUT2D eigenvalue weighted by Gasteiger charge is 2.35. The zero-order chi connectivity index (χ0) is 26.6. The van der Waals surface area contributed by atoms with E-state index in [-0.39, 0.29) is 24.3 Å². The minimum absolute atomic E-state index is 0.0783. The van der Waals surface area contributed by atoms with Crippen molar-refractivity contribution in [3.05, 3.63) is 46.5 Å². The van der Waals surface area contributed by atoms with E-state index in [0.717, 1.165) is 78.6 Å². The summed E-state index contributed by atoms with van der Waals surface area (Å²) in [6.45, 7) is 2.95. The van der Waals surface area contributed by atoms with Gasteiger partial charge in [0.2, 0.25) is 0 Å². The highest BCUT2D eigenvalue weighted by Crippen LogP contribution is 2.33. The lowest BCUT2D eigenvalue weighted by molar-refractivity contribution is 0.0295. The summed E-state index contributed by atoms with van der Waals surface area (Å²) in [4.78, 5) is 21.1. The van der Waals surface area contributed by atoms with Crippen molar-refractivity contribution in [3.8, 4) is 0 Å². The largest absolute Gasteiger partial charge is 0.446 e. The Hall–Kier alpha value is -3.51. The fourth-order valence-corrected chi connectivity index (χ4v) is 5.83. The number of ether oxygens (including phenoxy) is 3. The lowest BCUT2D eigenvalue weighted by Crippen LogP contribution is -2.41. The molecule has 2 fully saturated rings. The molecular weight excluding hydrogens is 500 g/mol. The van der Waals surface area contributed by atoms with E-state index < -0.39 is 0 Å². The molecule has 0 aromatic carbocycles. The van der Waals surface area contributed by atoms with Crippen molar-refractivity contribution < 1.29 is 19.0 Å². The molecule has 2 aromatic heterocycles. The fourth-order valence-electron chi connectivity index (χ4n) is 5.83. The number of carbonyl (C=O) groups excluding carboxylic acids is 1. The molecule has 1 saturated carbocycles. The molecule has 1 saturated heterocycles. The zero-order valence-electron chi connectivity index (χ0n) is 22.3. The molecule has 12 nitrogen and oxygen atoms in total. The Labute approximate surface area is 226 Å². The average Bonchev–Trinajstić information content (AvgIpc) is 3.76. The normalized spacial score (nSPS) is 26.0. The molecule has 2 unspecified atom stereocenters. The molecule has 4 aliphatic rings. The number of amidine groups is 1. The van der Waals surface area contributed by atoms with Crippen molar-refractivity contribution in [3.63, 3.8) is 0 Å². The van der Waals surface area contributed by atoms with Crippen LogP contribution in [0.15, 0.2) is 34.6 Å². The number of amides is 1. The summed E-state index contributed by atoms with van der Waals surface area (Å²) in [6, 6.07) is 3.99. The molecule has 1 aliphatic carbocycles. The van der Waals surface area contributed by atoms with Crippen molar-refractivity contribution in [1.82, 2.24) is 30.8 Å². The summed E-state index contributed by atoms with van der Waals surface area (Å²) in [7, 11) is 1.95. The summed E-state index contributed by atoms with van der Waals surface area (Å²) < 4.78 is 19.0. The molecule has 1 amide bonds. The number of carbonyl (C=O) groups is 1. The lowest BCUT2D eigenvalue weighted by atomic mass is 9.96. The highest BCUT2D eigenvalue weighted by atomic mass is 16.6. The Morgan fingerprint density at radius 3 is 3.08 bits per heavy atom. The quantitative estimate of drug-likeness (QED) is 0.447. The summed E-state index contributed by atoms with van der Waals surface area (Å²) >= 11 is 0. The highest BCUT2D eigenvalue weighted by molar-refractivity contribution is 5.89. The van der Waals surface area contributed by atoms with Gasteiger partial charge in [0.15, 0.2) is 0 Å². The first-order valence-corrected chi connectivity index (χ1v) is 13.8. The van der Waals surface area contributed by atoms with Crippen LogP contribution in [0.1, 0.15) is 49.8 Å². The van der Waals surface area contributed by atoms with Crippen molar-refractivity contribution in [2.24, 2.45) is 23.1 Å². The van der Waals surface area contributed by atoms with Gasteiger partial charge in [0.05, 0.1) is 25.4 Å². The summed E-state index contributed by atoms with van der Waals surface area (Å²) in [6.07, 6.45) is 8.34. The van der Waals surface area contributed by atoms with Crippen LogP contribution in [-0.2, 0) is 34.4 Å². The van der Waals surface area contributed by atoms with Gasteiger partial charge in [-0.1, -0.05) is 6.07 Å². The molecule has 39 heavy (non-hydrogen) atoms. The van der Waals surface area contributed by atoms with Crippen molar-refractivity contribution >= 4 is 17.6 Å². The van der Waals surface area contributed by atoms with Crippen LogP contribution < -0.4 is 26.8 Å². The lowest BCUT2D eigenvalue weighted by Gasteiger charge is -2.19. The number of nitrogens with zero attached hydrogens (tertiary/aromatic N) is 5. The molecule has 0 radical (unpaired) electrons. The minimum Gasteiger partial charge on any atom is -0.446 e. The Bertz CT molecular complexity index is 1320. The minimum atomic E-state index is -0.380. The molecule has 3 N–H and O–H groups in total. The van der Waals surface area contributed by atoms with Crippen LogP contribution in [0.5, 0.6) is 0 Å². The van der Waals surface area contributed by atoms with Crippen LogP contribution in [0.2, 0.25) is 0 Å². The zero-order valence-corrected chi connectivity index (χ0v) is 22.3. The number of hydrazone groups is 1. The van der Waals surface area contributed by atoms with Gasteiger partial charge >= 0.3 is 6.09 Å². The maximum atomic E-state index is 12.3. The van der Waals surface area contributed by atoms with Crippen molar-refractivity contribution in [2.75, 3.05) is 19.8 Å². The first-order valence-electron chi connectivity index (χ1n) is 13.8. The predicted octanol–water partition coefficient (Wildman–Crippen LogP) is 0.612. The molecule has 6 rings (SSSR count). The number of fused-ring (bicyclic) bond motifs is 1. The van der Waals surface area contributed by atoms with Gasteiger partial charge < -0.3 is 30.3 Å². The molecule has 12 heteroatoms. The van der Waals surface area contributed by atoms with E-state index in [2.05, 4.69) is 26.1 Å². The van der Waals surface area contributed by atoms with Gasteiger partial charge in [0.25, 0.3) is 0 Å². The fraction of sp³-hybridized carbons (Fsp3) is 0.593. The third kappa shape index (κ3) is 6.06. The number of alkyl carbamates (subject to hydrolysis) is 1. The molecule has 208 valence electrons. The number of nitrogens with one attached hydrogen (secondary N) is 3. The third-order valence-corrected chi connectivity index (χ3v) is 7.85. The van der Waals surface area contributed by atoms with Crippen LogP contribution in [0, 0.1) is 5.92 Å². The van der Waals surface area contributed by atoms with Crippen LogP contribution in [0.3, 0.4) is 0 Å². The number of pyridine rings is 1. The average molecular weight is 537 g/mol. The smallest absolute Gasteiger partial charge is 0.407 e. The molecular formula is C27H36N8O4. The van der Waals surface area contributed by atoms with E-state index in [1.54, 1.807) is 12.4 Å². The standard InChI is InChI=1S/C27H36N8O4/c1-35-26-21(6-9-29-25(26)23(34-35)16-38-20-7-10-37-15-20)31-24-12-22(32-33-24)18-4-5-19(11-18)39-27(36)30-14-17-3-2-8-28-13-17/h2-3,8,13,18-20,22,32H,4-7,9-12,14-16H2,1H3,(H,30,36)(H,31,33)/t18-,19+,20?,22?/m0/s1. The topological polar surface area (TPSA) is 136 Å². The number of hydrogen-bond acceptors (Lipinski definition) is 10. The number of rotatable bonds is 8. The molecule has 0 bridgehead atoms. The van der Waals surface area contributed by atoms with Crippen molar-refractivity contribution in [1.29, 1.82) is 0 Å². The van der Waals surface area contributed by atoms with Gasteiger partial charge in [-0.2, -0.15) is 10.2 Å². The number of aromatic nitrogens is 3. The first-order chi connectivity index (χ1) is 19.1. The van der Waals surface area contributed by atoms with Crippen LogP contribution >= 0.6 is 0 Å². The Kier molecular flexibility index (Phi) is 7.73. The maximum Gasteiger partial charge on any atom is 0.407 e. The van der Waals surface area contributed by atoms with Crippen LogP contribution in [0.25, 0.3) is 5.70 Å². The Morgan fingerprint density at radius 1 is 1.28 bits per heavy atom. The van der Waals surface area contributed by atoms with Gasteiger partial charge in [0, 0.05) is 57.7 Å². The summed E-state index contributed by atoms with van der Waals surface area (Å²) in [5.74, 6) is 1.31. The maximum absolute atomic E-state index is 12.3. The third-order valence-electron chi connectivity index (χ3n) is 7.85. The Balaban J connectivity index is 1.01. The van der Waals surface area contributed by atoms with E-state index in [0.29, 0.717) is 32.2 Å². The van der Waals surface area contributed by atoms with Gasteiger partial charge in [-0.25, -0.2) is 4.79 Å². The van der Waals surface area contributed by atoms with E-state index in [1.165, 1.54) is 0 Å². The van der Waals surface area contributed by atoms with E-state index >= 15 is 0 Å². The van der Waals surface area contributed by atoms with Crippen LogP contribution in [0.4, 0.5) is 4.79 Å². The van der Waals surface area contributed by atoms with E-state index in [9.17, 15) is 4.79 Å². The number of aryl methyl sites for hydroxylation is 1. The van der Waals surface area contributed by atoms with E-state index in [4.69, 9.17) is 24.3 Å². The SMILES string of the molecule is Cn1nc(COC2CCOC2)c2c1=C(NC1=NNC([C@H]3CC[C@@H](OC(=O)NCc4cccnc4)C3)C1)CCN=2. The molecule has 0 spiro atoms. The Morgan fingerprint density at radius 2 is 2.23 bits per heavy atom.